The molecule has 0 saturated carbocycles. The highest BCUT2D eigenvalue weighted by Crippen LogP contribution is 2.03. The van der Waals surface area contributed by atoms with Gasteiger partial charge in [-0.2, -0.15) is 5.10 Å². The van der Waals surface area contributed by atoms with Crippen LogP contribution in [-0.4, -0.2) is 22.2 Å². The van der Waals surface area contributed by atoms with E-state index in [0.29, 0.717) is 11.5 Å². The maximum atomic E-state index is 10.9. The molecule has 0 unspecified atom stereocenters. The number of aromatic nitrogens is 2. The van der Waals surface area contributed by atoms with Gasteiger partial charge < -0.3 is 0 Å². The van der Waals surface area contributed by atoms with Crippen molar-refractivity contribution in [3.8, 4) is 0 Å². The summed E-state index contributed by atoms with van der Waals surface area (Å²) in [4.78, 5) is 14.8. The van der Waals surface area contributed by atoms with Crippen LogP contribution in [-0.2, 0) is 0 Å². The summed E-state index contributed by atoms with van der Waals surface area (Å²) in [6.07, 6.45) is 1.49. The van der Waals surface area contributed by atoms with E-state index in [0.717, 1.165) is 0 Å². The minimum Gasteiger partial charge on any atom is -0.293 e. The molecule has 1 aromatic rings. The van der Waals surface area contributed by atoms with Crippen LogP contribution in [0, 0.1) is 6.92 Å². The summed E-state index contributed by atoms with van der Waals surface area (Å²) >= 11 is 0. The van der Waals surface area contributed by atoms with E-state index in [1.165, 1.54) is 17.8 Å². The van der Waals surface area contributed by atoms with Crippen LogP contribution in [0.25, 0.3) is 0 Å². The number of imidazole rings is 1. The van der Waals surface area contributed by atoms with Crippen molar-refractivity contribution in [2.75, 3.05) is 0 Å². The normalized spacial score (nSPS) is 9.64. The summed E-state index contributed by atoms with van der Waals surface area (Å²) in [5.74, 6) is 0.614. The Morgan fingerprint density at radius 2 is 2.45 bits per heavy atom. The molecule has 11 heavy (non-hydrogen) atoms. The lowest BCUT2D eigenvalue weighted by atomic mass is 10.3. The number of aryl methyl sites for hydroxylation is 1. The Hall–Kier alpha value is -1.45. The Bertz CT molecular complexity index is 301. The molecule has 1 rings (SSSR count). The summed E-state index contributed by atoms with van der Waals surface area (Å²) in [6, 6.07) is 0. The van der Waals surface area contributed by atoms with Crippen LogP contribution in [0.1, 0.15) is 23.2 Å². The van der Waals surface area contributed by atoms with E-state index in [2.05, 4.69) is 16.8 Å². The lowest BCUT2D eigenvalue weighted by Gasteiger charge is -1.97. The van der Waals surface area contributed by atoms with Crippen LogP contribution in [0.3, 0.4) is 0 Å². The molecule has 4 heteroatoms. The van der Waals surface area contributed by atoms with Crippen molar-refractivity contribution in [1.82, 2.24) is 9.66 Å². The highest BCUT2D eigenvalue weighted by molar-refractivity contribution is 5.92. The van der Waals surface area contributed by atoms with Gasteiger partial charge in [-0.25, -0.2) is 9.66 Å². The van der Waals surface area contributed by atoms with Crippen LogP contribution >= 0.6 is 0 Å². The van der Waals surface area contributed by atoms with Crippen molar-refractivity contribution in [2.24, 2.45) is 5.10 Å². The summed E-state index contributed by atoms with van der Waals surface area (Å²) in [5, 5.41) is 3.63. The maximum Gasteiger partial charge on any atom is 0.179 e. The number of carbonyl (C=O) groups is 1. The lowest BCUT2D eigenvalue weighted by molar-refractivity contribution is 0.100. The molecule has 0 spiro atoms. The van der Waals surface area contributed by atoms with E-state index in [9.17, 15) is 4.79 Å². The van der Waals surface area contributed by atoms with Gasteiger partial charge in [0.25, 0.3) is 0 Å². The highest BCUT2D eigenvalue weighted by atomic mass is 16.1. The first-order valence-corrected chi connectivity index (χ1v) is 3.19. The first kappa shape index (κ1) is 7.65. The van der Waals surface area contributed by atoms with Crippen LogP contribution in [0.15, 0.2) is 11.3 Å². The van der Waals surface area contributed by atoms with Crippen molar-refractivity contribution in [3.05, 3.63) is 17.7 Å². The summed E-state index contributed by atoms with van der Waals surface area (Å²) < 4.78 is 1.42. The van der Waals surface area contributed by atoms with Gasteiger partial charge in [0.05, 0.1) is 6.20 Å². The minimum atomic E-state index is -0.0574. The Morgan fingerprint density at radius 3 is 2.82 bits per heavy atom. The molecule has 0 aromatic carbocycles. The third-order valence-electron chi connectivity index (χ3n) is 1.41. The van der Waals surface area contributed by atoms with E-state index >= 15 is 0 Å². The number of hydrogen-bond donors (Lipinski definition) is 0. The van der Waals surface area contributed by atoms with Gasteiger partial charge in [-0.15, -0.1) is 0 Å². The number of nitrogens with zero attached hydrogens (tertiary/aromatic N) is 3. The molecular weight excluding hydrogens is 142 g/mol. The van der Waals surface area contributed by atoms with Gasteiger partial charge in [-0.1, -0.05) is 0 Å². The standard InChI is InChI=1S/C7H9N3O/c1-5(11)7-4-9-6(2)10(7)8-3/h4H,3H2,1-2H3. The molecule has 4 nitrogen and oxygen atoms in total. The molecule has 0 fully saturated rings. The smallest absolute Gasteiger partial charge is 0.179 e. The first-order valence-electron chi connectivity index (χ1n) is 3.19. The average Bonchev–Trinajstić information content (AvgIpc) is 2.30. The Morgan fingerprint density at radius 1 is 1.82 bits per heavy atom. The molecule has 0 aliphatic rings. The average molecular weight is 151 g/mol. The van der Waals surface area contributed by atoms with Gasteiger partial charge in [-0.05, 0) is 6.92 Å². The Labute approximate surface area is 64.6 Å². The van der Waals surface area contributed by atoms with Gasteiger partial charge in [0.1, 0.15) is 11.5 Å². The summed E-state index contributed by atoms with van der Waals surface area (Å²) in [6.45, 7) is 6.56. The molecule has 0 amide bonds. The highest BCUT2D eigenvalue weighted by Gasteiger charge is 2.08. The fourth-order valence-corrected chi connectivity index (χ4v) is 0.857. The second kappa shape index (κ2) is 2.65. The molecule has 0 N–H and O–H groups in total. The van der Waals surface area contributed by atoms with Crippen molar-refractivity contribution in [1.29, 1.82) is 0 Å². The Kier molecular flexibility index (Phi) is 1.85. The van der Waals surface area contributed by atoms with E-state index in [1.54, 1.807) is 6.92 Å². The van der Waals surface area contributed by atoms with E-state index < -0.39 is 0 Å². The molecular formula is C7H9N3O. The topological polar surface area (TPSA) is 47.2 Å². The second-order valence-corrected chi connectivity index (χ2v) is 2.20. The van der Waals surface area contributed by atoms with Crippen LogP contribution < -0.4 is 0 Å². The SMILES string of the molecule is C=Nn1c(C(C)=O)cnc1C. The van der Waals surface area contributed by atoms with Gasteiger partial charge in [-0.3, -0.25) is 4.79 Å². The Balaban J connectivity index is 3.26. The summed E-state index contributed by atoms with van der Waals surface area (Å²) in [7, 11) is 0. The molecule has 0 saturated heterocycles. The first-order chi connectivity index (χ1) is 5.16. The van der Waals surface area contributed by atoms with E-state index in [1.807, 2.05) is 0 Å². The number of rotatable bonds is 2. The minimum absolute atomic E-state index is 0.0574. The van der Waals surface area contributed by atoms with Gasteiger partial charge in [0, 0.05) is 13.6 Å². The van der Waals surface area contributed by atoms with Crippen molar-refractivity contribution in [2.45, 2.75) is 13.8 Å². The van der Waals surface area contributed by atoms with Crippen LogP contribution in [0.5, 0.6) is 0 Å². The van der Waals surface area contributed by atoms with E-state index in [4.69, 9.17) is 0 Å². The zero-order valence-corrected chi connectivity index (χ0v) is 6.53. The van der Waals surface area contributed by atoms with Crippen LogP contribution in [0.4, 0.5) is 0 Å². The van der Waals surface area contributed by atoms with Crippen molar-refractivity contribution < 1.29 is 4.79 Å². The number of carbonyl (C=O) groups excluding carboxylic acids is 1. The number of Topliss-reactive ketones (excluding diaryl/α,β-unsaturated/α-hetero) is 1. The summed E-state index contributed by atoms with van der Waals surface area (Å²) in [5.41, 5.74) is 0.470. The fourth-order valence-electron chi connectivity index (χ4n) is 0.857. The third-order valence-corrected chi connectivity index (χ3v) is 1.41. The molecule has 0 aliphatic heterocycles. The number of hydrogen-bond acceptors (Lipinski definition) is 3. The van der Waals surface area contributed by atoms with Crippen molar-refractivity contribution in [3.63, 3.8) is 0 Å². The molecule has 0 aliphatic carbocycles. The lowest BCUT2D eigenvalue weighted by Crippen LogP contribution is -2.01. The monoisotopic (exact) mass is 151 g/mol. The van der Waals surface area contributed by atoms with Crippen LogP contribution in [0.2, 0.25) is 0 Å². The predicted molar refractivity (Wildman–Crippen MR) is 41.9 cm³/mol. The molecule has 0 bridgehead atoms. The van der Waals surface area contributed by atoms with Gasteiger partial charge in [0.2, 0.25) is 0 Å². The van der Waals surface area contributed by atoms with E-state index in [-0.39, 0.29) is 5.78 Å². The second-order valence-electron chi connectivity index (χ2n) is 2.20. The molecule has 1 aromatic heterocycles. The largest absolute Gasteiger partial charge is 0.293 e. The van der Waals surface area contributed by atoms with Crippen molar-refractivity contribution >= 4 is 12.5 Å². The molecule has 0 radical (unpaired) electrons. The zero-order valence-electron chi connectivity index (χ0n) is 6.53. The number of ketones is 1. The molecule has 58 valence electrons. The van der Waals surface area contributed by atoms with Gasteiger partial charge in [0.15, 0.2) is 5.78 Å². The molecule has 1 heterocycles. The fraction of sp³-hybridized carbons (Fsp3) is 0.286. The quantitative estimate of drug-likeness (QED) is 0.465. The predicted octanol–water partition coefficient (Wildman–Crippen LogP) is 0.858. The van der Waals surface area contributed by atoms with Gasteiger partial charge >= 0.3 is 0 Å². The molecule has 0 atom stereocenters. The zero-order chi connectivity index (χ0) is 8.43. The third kappa shape index (κ3) is 1.19. The maximum absolute atomic E-state index is 10.9.